The van der Waals surface area contributed by atoms with Gasteiger partial charge in [0.1, 0.15) is 5.82 Å². The number of thiophene rings is 1. The first-order valence-corrected chi connectivity index (χ1v) is 10.2. The number of H-pyrrole nitrogens is 1. The molecule has 1 saturated heterocycles. The Balaban J connectivity index is 1.40. The molecule has 4 rings (SSSR count). The second-order valence-corrected chi connectivity index (χ2v) is 7.92. The number of nitrogens with one attached hydrogen (secondary N) is 1. The van der Waals surface area contributed by atoms with E-state index < -0.39 is 0 Å². The summed E-state index contributed by atoms with van der Waals surface area (Å²) in [6, 6.07) is 10.7. The molecule has 5 nitrogen and oxygen atoms in total. The molecule has 0 radical (unpaired) electrons. The van der Waals surface area contributed by atoms with Gasteiger partial charge in [0.2, 0.25) is 11.1 Å². The van der Waals surface area contributed by atoms with E-state index in [0.29, 0.717) is 16.5 Å². The molecule has 1 atom stereocenters. The molecule has 0 bridgehead atoms. The molecule has 1 amide bonds. The van der Waals surface area contributed by atoms with E-state index >= 15 is 0 Å². The highest BCUT2D eigenvalue weighted by atomic mass is 32.2. The van der Waals surface area contributed by atoms with Crippen molar-refractivity contribution in [2.45, 2.75) is 24.0 Å². The van der Waals surface area contributed by atoms with Gasteiger partial charge in [-0.05, 0) is 36.4 Å². The SMILES string of the molecule is O=C(CSc1n[nH]c(-c2ccccc2F)n1)N1CCCC1c1cccs1. The zero-order valence-electron chi connectivity index (χ0n) is 13.9. The van der Waals surface area contributed by atoms with Crippen molar-refractivity contribution in [2.24, 2.45) is 0 Å². The Bertz CT molecular complexity index is 896. The molecular formula is C18H17FN4OS2. The fraction of sp³-hybridized carbons (Fsp3) is 0.278. The number of benzene rings is 1. The van der Waals surface area contributed by atoms with E-state index in [4.69, 9.17) is 0 Å². The molecule has 134 valence electrons. The van der Waals surface area contributed by atoms with Gasteiger partial charge >= 0.3 is 0 Å². The van der Waals surface area contributed by atoms with Crippen LogP contribution in [0.1, 0.15) is 23.8 Å². The van der Waals surface area contributed by atoms with Crippen molar-refractivity contribution in [3.63, 3.8) is 0 Å². The van der Waals surface area contributed by atoms with E-state index in [-0.39, 0.29) is 23.5 Å². The molecule has 1 aliphatic rings. The Morgan fingerprint density at radius 2 is 2.23 bits per heavy atom. The van der Waals surface area contributed by atoms with Crippen LogP contribution in [0.4, 0.5) is 4.39 Å². The van der Waals surface area contributed by atoms with Gasteiger partial charge in [-0.3, -0.25) is 9.89 Å². The minimum atomic E-state index is -0.355. The number of hydrogen-bond acceptors (Lipinski definition) is 5. The third kappa shape index (κ3) is 3.52. The van der Waals surface area contributed by atoms with Crippen LogP contribution < -0.4 is 0 Å². The number of carbonyl (C=O) groups is 1. The first-order valence-electron chi connectivity index (χ1n) is 8.35. The van der Waals surface area contributed by atoms with Gasteiger partial charge in [0.15, 0.2) is 5.82 Å². The highest BCUT2D eigenvalue weighted by Crippen LogP contribution is 2.35. The zero-order valence-corrected chi connectivity index (χ0v) is 15.5. The summed E-state index contributed by atoms with van der Waals surface area (Å²) in [4.78, 5) is 20.1. The van der Waals surface area contributed by atoms with Gasteiger partial charge in [-0.15, -0.1) is 16.4 Å². The van der Waals surface area contributed by atoms with Crippen LogP contribution in [0.5, 0.6) is 0 Å². The van der Waals surface area contributed by atoms with Crippen molar-refractivity contribution >= 4 is 29.0 Å². The van der Waals surface area contributed by atoms with E-state index in [1.54, 1.807) is 29.5 Å². The fourth-order valence-electron chi connectivity index (χ4n) is 3.14. The number of nitrogens with zero attached hydrogens (tertiary/aromatic N) is 3. The van der Waals surface area contributed by atoms with E-state index in [0.717, 1.165) is 19.4 Å². The maximum atomic E-state index is 13.8. The fourth-order valence-corrected chi connectivity index (χ4v) is 4.69. The number of aromatic nitrogens is 3. The lowest BCUT2D eigenvalue weighted by molar-refractivity contribution is -0.129. The number of amides is 1. The molecule has 1 fully saturated rings. The van der Waals surface area contributed by atoms with Crippen molar-refractivity contribution < 1.29 is 9.18 Å². The highest BCUT2D eigenvalue weighted by Gasteiger charge is 2.30. The largest absolute Gasteiger partial charge is 0.334 e. The van der Waals surface area contributed by atoms with Crippen molar-refractivity contribution in [1.82, 2.24) is 20.1 Å². The minimum absolute atomic E-state index is 0.0862. The van der Waals surface area contributed by atoms with Gasteiger partial charge in [-0.2, -0.15) is 0 Å². The van der Waals surface area contributed by atoms with Crippen LogP contribution in [0.2, 0.25) is 0 Å². The summed E-state index contributed by atoms with van der Waals surface area (Å²) < 4.78 is 13.8. The molecule has 1 unspecified atom stereocenters. The number of rotatable bonds is 5. The van der Waals surface area contributed by atoms with Gasteiger partial charge in [0, 0.05) is 11.4 Å². The van der Waals surface area contributed by atoms with Gasteiger partial charge < -0.3 is 4.90 Å². The topological polar surface area (TPSA) is 61.9 Å². The maximum Gasteiger partial charge on any atom is 0.233 e. The summed E-state index contributed by atoms with van der Waals surface area (Å²) in [6.45, 7) is 0.788. The number of hydrogen-bond donors (Lipinski definition) is 1. The molecule has 3 heterocycles. The molecule has 1 N–H and O–H groups in total. The van der Waals surface area contributed by atoms with E-state index in [9.17, 15) is 9.18 Å². The van der Waals surface area contributed by atoms with Crippen molar-refractivity contribution in [2.75, 3.05) is 12.3 Å². The van der Waals surface area contributed by atoms with Crippen LogP contribution in [0, 0.1) is 5.82 Å². The zero-order chi connectivity index (χ0) is 17.9. The van der Waals surface area contributed by atoms with Crippen LogP contribution >= 0.6 is 23.1 Å². The molecule has 1 aliphatic heterocycles. The van der Waals surface area contributed by atoms with Crippen LogP contribution in [-0.4, -0.2) is 38.3 Å². The summed E-state index contributed by atoms with van der Waals surface area (Å²) in [6.07, 6.45) is 2.03. The third-order valence-electron chi connectivity index (χ3n) is 4.36. The summed E-state index contributed by atoms with van der Waals surface area (Å²) in [5.74, 6) is 0.377. The second-order valence-electron chi connectivity index (χ2n) is 6.00. The van der Waals surface area contributed by atoms with E-state index in [1.165, 1.54) is 22.7 Å². The Labute approximate surface area is 158 Å². The lowest BCUT2D eigenvalue weighted by atomic mass is 10.2. The lowest BCUT2D eigenvalue weighted by Crippen LogP contribution is -2.31. The lowest BCUT2D eigenvalue weighted by Gasteiger charge is -2.23. The molecule has 0 spiro atoms. The summed E-state index contributed by atoms with van der Waals surface area (Å²) in [5.41, 5.74) is 0.371. The Kier molecular flexibility index (Phi) is 5.03. The molecule has 1 aromatic carbocycles. The molecule has 2 aromatic heterocycles. The monoisotopic (exact) mass is 388 g/mol. The molecule has 3 aromatic rings. The predicted molar refractivity (Wildman–Crippen MR) is 101 cm³/mol. The normalized spacial score (nSPS) is 17.0. The Morgan fingerprint density at radius 3 is 3.04 bits per heavy atom. The molecule has 0 saturated carbocycles. The molecular weight excluding hydrogens is 371 g/mol. The number of halogens is 1. The quantitative estimate of drug-likeness (QED) is 0.668. The smallest absolute Gasteiger partial charge is 0.233 e. The average Bonchev–Trinajstić information content (AvgIpc) is 3.40. The number of likely N-dealkylation sites (tertiary alicyclic amines) is 1. The number of thioether (sulfide) groups is 1. The van der Waals surface area contributed by atoms with Gasteiger partial charge in [-0.25, -0.2) is 9.37 Å². The second kappa shape index (κ2) is 7.59. The third-order valence-corrected chi connectivity index (χ3v) is 6.17. The molecule has 26 heavy (non-hydrogen) atoms. The highest BCUT2D eigenvalue weighted by molar-refractivity contribution is 7.99. The van der Waals surface area contributed by atoms with Gasteiger partial charge in [0.05, 0.1) is 17.4 Å². The first kappa shape index (κ1) is 17.2. The standard InChI is InChI=1S/C18H17FN4OS2/c19-13-6-2-1-5-12(13)17-20-18(22-21-17)26-11-16(24)23-9-3-7-14(23)15-8-4-10-25-15/h1-2,4-6,8,10,14H,3,7,9,11H2,(H,20,21,22). The number of aromatic amines is 1. The van der Waals surface area contributed by atoms with Crippen LogP contribution in [-0.2, 0) is 4.79 Å². The Hall–Kier alpha value is -2.19. The average molecular weight is 388 g/mol. The summed E-state index contributed by atoms with van der Waals surface area (Å²) in [7, 11) is 0. The summed E-state index contributed by atoms with van der Waals surface area (Å²) >= 11 is 2.96. The first-order chi connectivity index (χ1) is 12.7. The molecule has 0 aliphatic carbocycles. The summed E-state index contributed by atoms with van der Waals surface area (Å²) in [5, 5.41) is 9.33. The van der Waals surface area contributed by atoms with Gasteiger partial charge in [0.25, 0.3) is 0 Å². The molecule has 8 heteroatoms. The number of carbonyl (C=O) groups excluding carboxylic acids is 1. The van der Waals surface area contributed by atoms with Gasteiger partial charge in [-0.1, -0.05) is 30.0 Å². The van der Waals surface area contributed by atoms with Crippen LogP contribution in [0.25, 0.3) is 11.4 Å². The van der Waals surface area contributed by atoms with Crippen LogP contribution in [0.3, 0.4) is 0 Å². The minimum Gasteiger partial charge on any atom is -0.334 e. The van der Waals surface area contributed by atoms with Crippen molar-refractivity contribution in [3.8, 4) is 11.4 Å². The van der Waals surface area contributed by atoms with E-state index in [1.807, 2.05) is 16.3 Å². The maximum absolute atomic E-state index is 13.8. The van der Waals surface area contributed by atoms with Crippen molar-refractivity contribution in [3.05, 3.63) is 52.5 Å². The van der Waals surface area contributed by atoms with E-state index in [2.05, 4.69) is 21.2 Å². The van der Waals surface area contributed by atoms with Crippen molar-refractivity contribution in [1.29, 1.82) is 0 Å². The van der Waals surface area contributed by atoms with Crippen LogP contribution in [0.15, 0.2) is 46.9 Å². The Morgan fingerprint density at radius 1 is 1.35 bits per heavy atom. The predicted octanol–water partition coefficient (Wildman–Crippen LogP) is 4.13.